The van der Waals surface area contributed by atoms with Gasteiger partial charge in [0, 0.05) is 30.8 Å². The summed E-state index contributed by atoms with van der Waals surface area (Å²) in [6, 6.07) is 0. The first kappa shape index (κ1) is 11.5. The summed E-state index contributed by atoms with van der Waals surface area (Å²) in [5, 5.41) is 3.39. The normalized spacial score (nSPS) is 15.2. The first-order chi connectivity index (χ1) is 7.70. The Bertz CT molecular complexity index is 356. The molecule has 2 heterocycles. The van der Waals surface area contributed by atoms with Crippen molar-refractivity contribution < 1.29 is 0 Å². The van der Waals surface area contributed by atoms with Crippen LogP contribution in [0.15, 0.2) is 0 Å². The minimum absolute atomic E-state index is 0.827. The maximum atomic E-state index is 4.67. The molecule has 1 aromatic heterocycles. The van der Waals surface area contributed by atoms with Gasteiger partial charge in [-0.25, -0.2) is 9.97 Å². The molecule has 0 saturated carbocycles. The highest BCUT2D eigenvalue weighted by atomic mass is 15.1. The van der Waals surface area contributed by atoms with Crippen molar-refractivity contribution in [2.75, 3.05) is 20.6 Å². The summed E-state index contributed by atoms with van der Waals surface area (Å²) in [6.07, 6.45) is 2.03. The predicted octanol–water partition coefficient (Wildman–Crippen LogP) is 0.746. The lowest BCUT2D eigenvalue weighted by atomic mass is 10.0. The van der Waals surface area contributed by atoms with Crippen LogP contribution >= 0.6 is 0 Å². The van der Waals surface area contributed by atoms with E-state index in [2.05, 4.69) is 41.2 Å². The van der Waals surface area contributed by atoms with E-state index in [1.807, 2.05) is 0 Å². The van der Waals surface area contributed by atoms with Gasteiger partial charge in [-0.15, -0.1) is 0 Å². The van der Waals surface area contributed by atoms with Gasteiger partial charge in [-0.3, -0.25) is 0 Å². The molecule has 0 fully saturated rings. The second-order valence-electron chi connectivity index (χ2n) is 4.53. The molecule has 1 aliphatic rings. The van der Waals surface area contributed by atoms with Gasteiger partial charge in [-0.2, -0.15) is 0 Å². The maximum Gasteiger partial charge on any atom is 0.142 e. The molecule has 0 bridgehead atoms. The van der Waals surface area contributed by atoms with Crippen LogP contribution in [0.5, 0.6) is 0 Å². The van der Waals surface area contributed by atoms with Crippen molar-refractivity contribution in [2.24, 2.45) is 0 Å². The molecular weight excluding hydrogens is 200 g/mol. The Morgan fingerprint density at radius 2 is 2.12 bits per heavy atom. The Morgan fingerprint density at radius 1 is 1.31 bits per heavy atom. The van der Waals surface area contributed by atoms with Crippen LogP contribution in [0, 0.1) is 0 Å². The molecule has 2 rings (SSSR count). The minimum atomic E-state index is 0.827. The van der Waals surface area contributed by atoms with E-state index < -0.39 is 0 Å². The maximum absolute atomic E-state index is 4.67. The highest BCUT2D eigenvalue weighted by Gasteiger charge is 2.16. The minimum Gasteiger partial charge on any atom is -0.312 e. The van der Waals surface area contributed by atoms with Crippen molar-refractivity contribution in [1.82, 2.24) is 20.2 Å². The molecule has 0 atom stereocenters. The molecule has 16 heavy (non-hydrogen) atoms. The fourth-order valence-corrected chi connectivity index (χ4v) is 2.12. The predicted molar refractivity (Wildman–Crippen MR) is 64.2 cm³/mol. The fraction of sp³-hybridized carbons (Fsp3) is 0.667. The third-order valence-electron chi connectivity index (χ3n) is 2.86. The molecule has 0 aromatic carbocycles. The van der Waals surface area contributed by atoms with E-state index >= 15 is 0 Å². The van der Waals surface area contributed by atoms with Crippen LogP contribution in [0.4, 0.5) is 0 Å². The van der Waals surface area contributed by atoms with Crippen LogP contribution in [-0.4, -0.2) is 35.5 Å². The molecule has 0 aliphatic carbocycles. The van der Waals surface area contributed by atoms with Gasteiger partial charge in [-0.05, 0) is 20.5 Å². The van der Waals surface area contributed by atoms with Crippen LogP contribution < -0.4 is 5.32 Å². The lowest BCUT2D eigenvalue weighted by Gasteiger charge is -2.20. The number of aryl methyl sites for hydroxylation is 1. The Kier molecular flexibility index (Phi) is 3.51. The van der Waals surface area contributed by atoms with Crippen molar-refractivity contribution in [3.8, 4) is 0 Å². The molecule has 4 nitrogen and oxygen atoms in total. The summed E-state index contributed by atoms with van der Waals surface area (Å²) in [6.45, 7) is 4.96. The van der Waals surface area contributed by atoms with Gasteiger partial charge < -0.3 is 10.2 Å². The van der Waals surface area contributed by atoms with Gasteiger partial charge in [0.1, 0.15) is 5.82 Å². The van der Waals surface area contributed by atoms with Gasteiger partial charge in [0.15, 0.2) is 0 Å². The smallest absolute Gasteiger partial charge is 0.142 e. The van der Waals surface area contributed by atoms with Crippen molar-refractivity contribution in [2.45, 2.75) is 32.9 Å². The van der Waals surface area contributed by atoms with E-state index in [1.165, 1.54) is 17.0 Å². The highest BCUT2D eigenvalue weighted by Crippen LogP contribution is 2.16. The molecule has 0 amide bonds. The molecule has 0 unspecified atom stereocenters. The zero-order valence-corrected chi connectivity index (χ0v) is 10.4. The second kappa shape index (κ2) is 4.89. The lowest BCUT2D eigenvalue weighted by molar-refractivity contribution is 0.388. The number of fused-ring (bicyclic) bond motifs is 1. The van der Waals surface area contributed by atoms with Crippen LogP contribution in [0.25, 0.3) is 0 Å². The molecule has 1 aliphatic heterocycles. The first-order valence-corrected chi connectivity index (χ1v) is 5.93. The van der Waals surface area contributed by atoms with Crippen molar-refractivity contribution >= 4 is 0 Å². The number of aromatic nitrogens is 2. The summed E-state index contributed by atoms with van der Waals surface area (Å²) in [4.78, 5) is 11.4. The van der Waals surface area contributed by atoms with Crippen LogP contribution in [0.3, 0.4) is 0 Å². The van der Waals surface area contributed by atoms with E-state index in [4.69, 9.17) is 0 Å². The quantitative estimate of drug-likeness (QED) is 0.816. The Hall–Kier alpha value is -1.00. The zero-order chi connectivity index (χ0) is 11.5. The Morgan fingerprint density at radius 3 is 2.81 bits per heavy atom. The average molecular weight is 220 g/mol. The first-order valence-electron chi connectivity index (χ1n) is 5.93. The molecule has 0 radical (unpaired) electrons. The molecule has 0 spiro atoms. The zero-order valence-electron chi connectivity index (χ0n) is 10.4. The van der Waals surface area contributed by atoms with E-state index in [1.54, 1.807) is 0 Å². The molecule has 88 valence electrons. The van der Waals surface area contributed by atoms with E-state index in [0.29, 0.717) is 0 Å². The highest BCUT2D eigenvalue weighted by molar-refractivity contribution is 5.28. The number of nitrogens with one attached hydrogen (secondary N) is 1. The van der Waals surface area contributed by atoms with Gasteiger partial charge in [-0.1, -0.05) is 6.92 Å². The lowest BCUT2D eigenvalue weighted by Crippen LogP contribution is -2.28. The van der Waals surface area contributed by atoms with Gasteiger partial charge >= 0.3 is 0 Å². The number of rotatable bonds is 3. The summed E-state index contributed by atoms with van der Waals surface area (Å²) in [5.74, 6) is 0.961. The van der Waals surface area contributed by atoms with Crippen LogP contribution in [0.2, 0.25) is 0 Å². The Labute approximate surface area is 97.1 Å². The topological polar surface area (TPSA) is 41.1 Å². The number of nitrogens with zero attached hydrogens (tertiary/aromatic N) is 3. The van der Waals surface area contributed by atoms with Crippen molar-refractivity contribution in [3.05, 3.63) is 22.8 Å². The number of hydrogen-bond acceptors (Lipinski definition) is 4. The fourth-order valence-electron chi connectivity index (χ4n) is 2.12. The van der Waals surface area contributed by atoms with Crippen LogP contribution in [0.1, 0.15) is 29.7 Å². The Balaban J connectivity index is 2.35. The molecule has 0 saturated heterocycles. The summed E-state index contributed by atoms with van der Waals surface area (Å²) < 4.78 is 0. The average Bonchev–Trinajstić information content (AvgIpc) is 2.27. The molecule has 1 aromatic rings. The van der Waals surface area contributed by atoms with Gasteiger partial charge in [0.05, 0.1) is 12.2 Å². The van der Waals surface area contributed by atoms with Crippen molar-refractivity contribution in [1.29, 1.82) is 0 Å². The monoisotopic (exact) mass is 220 g/mol. The molecular formula is C12H20N4. The summed E-state index contributed by atoms with van der Waals surface area (Å²) >= 11 is 0. The third-order valence-corrected chi connectivity index (χ3v) is 2.86. The van der Waals surface area contributed by atoms with E-state index in [0.717, 1.165) is 38.3 Å². The SMILES string of the molecule is CCc1nc(CN(C)C)nc2c1CNCC2. The van der Waals surface area contributed by atoms with Gasteiger partial charge in [0.25, 0.3) is 0 Å². The van der Waals surface area contributed by atoms with Crippen LogP contribution in [-0.2, 0) is 25.9 Å². The standard InChI is InChI=1S/C12H20N4/c1-4-10-9-7-13-6-5-11(9)15-12(14-10)8-16(2)3/h13H,4-8H2,1-3H3. The summed E-state index contributed by atoms with van der Waals surface area (Å²) in [5.41, 5.74) is 3.80. The van der Waals surface area contributed by atoms with E-state index in [9.17, 15) is 0 Å². The molecule has 1 N–H and O–H groups in total. The van der Waals surface area contributed by atoms with E-state index in [-0.39, 0.29) is 0 Å². The number of hydrogen-bond donors (Lipinski definition) is 1. The van der Waals surface area contributed by atoms with Gasteiger partial charge in [0.2, 0.25) is 0 Å². The van der Waals surface area contributed by atoms with Crippen molar-refractivity contribution in [3.63, 3.8) is 0 Å². The molecule has 4 heteroatoms. The summed E-state index contributed by atoms with van der Waals surface area (Å²) in [7, 11) is 4.10. The largest absolute Gasteiger partial charge is 0.312 e. The second-order valence-corrected chi connectivity index (χ2v) is 4.53. The third kappa shape index (κ3) is 2.39.